The van der Waals surface area contributed by atoms with Gasteiger partial charge in [-0.2, -0.15) is 0 Å². The quantitative estimate of drug-likeness (QED) is 0.684. The Morgan fingerprint density at radius 2 is 2.06 bits per heavy atom. The van der Waals surface area contributed by atoms with Crippen LogP contribution in [0.4, 0.5) is 0 Å². The molecule has 2 heterocycles. The number of hydrogen-bond donors (Lipinski definition) is 1. The summed E-state index contributed by atoms with van der Waals surface area (Å²) in [6, 6.07) is 0. The molecule has 2 fully saturated rings. The van der Waals surface area contributed by atoms with Gasteiger partial charge in [-0.05, 0) is 6.42 Å². The maximum atomic E-state index is 12.0. The van der Waals surface area contributed by atoms with Gasteiger partial charge in [0, 0.05) is 39.3 Å². The highest BCUT2D eigenvalue weighted by molar-refractivity contribution is 5.79. The summed E-state index contributed by atoms with van der Waals surface area (Å²) in [4.78, 5) is 16.2. The van der Waals surface area contributed by atoms with Gasteiger partial charge in [-0.1, -0.05) is 0 Å². The number of rotatable bonds is 3. The van der Waals surface area contributed by atoms with Gasteiger partial charge in [-0.15, -0.1) is 0 Å². The number of ether oxygens (including phenoxy) is 1. The number of carbonyl (C=O) groups is 1. The smallest absolute Gasteiger partial charge is 0.228 e. The first-order chi connectivity index (χ1) is 7.81. The van der Waals surface area contributed by atoms with Crippen LogP contribution in [-0.4, -0.2) is 73.4 Å². The van der Waals surface area contributed by atoms with E-state index in [0.717, 1.165) is 39.2 Å². The molecule has 0 spiro atoms. The Morgan fingerprint density at radius 3 is 2.62 bits per heavy atom. The van der Waals surface area contributed by atoms with Crippen molar-refractivity contribution in [1.82, 2.24) is 9.80 Å². The first kappa shape index (κ1) is 11.8. The molecule has 0 saturated carbocycles. The van der Waals surface area contributed by atoms with Crippen molar-refractivity contribution in [2.45, 2.75) is 6.42 Å². The number of amides is 1. The van der Waals surface area contributed by atoms with E-state index in [0.29, 0.717) is 13.2 Å². The Morgan fingerprint density at radius 1 is 1.31 bits per heavy atom. The maximum absolute atomic E-state index is 12.0. The second kappa shape index (κ2) is 5.61. The molecule has 1 amide bonds. The molecule has 2 rings (SSSR count). The summed E-state index contributed by atoms with van der Waals surface area (Å²) in [7, 11) is 0. The van der Waals surface area contributed by atoms with Crippen LogP contribution in [0.5, 0.6) is 0 Å². The van der Waals surface area contributed by atoms with Crippen LogP contribution in [0.15, 0.2) is 0 Å². The van der Waals surface area contributed by atoms with E-state index >= 15 is 0 Å². The number of nitrogens with zero attached hydrogens (tertiary/aromatic N) is 2. The average molecular weight is 228 g/mol. The minimum absolute atomic E-state index is 0.0874. The fourth-order valence-electron chi connectivity index (χ4n) is 2.32. The Balaban J connectivity index is 1.77. The van der Waals surface area contributed by atoms with E-state index in [-0.39, 0.29) is 18.4 Å². The molecule has 0 aromatic heterocycles. The van der Waals surface area contributed by atoms with Gasteiger partial charge in [-0.3, -0.25) is 9.69 Å². The monoisotopic (exact) mass is 228 g/mol. The lowest BCUT2D eigenvalue weighted by molar-refractivity contribution is -0.137. The standard InChI is InChI=1S/C11H20N2O3/c14-7-6-12-2-4-13(5-3-12)11(15)10-1-8-16-9-10/h10,14H,1-9H2. The van der Waals surface area contributed by atoms with Crippen molar-refractivity contribution < 1.29 is 14.6 Å². The molecule has 0 radical (unpaired) electrons. The molecule has 2 saturated heterocycles. The molecule has 2 aliphatic heterocycles. The second-order valence-corrected chi connectivity index (χ2v) is 4.45. The van der Waals surface area contributed by atoms with Crippen molar-refractivity contribution in [3.63, 3.8) is 0 Å². The third kappa shape index (κ3) is 2.72. The number of aliphatic hydroxyl groups is 1. The predicted molar refractivity (Wildman–Crippen MR) is 59.0 cm³/mol. The normalized spacial score (nSPS) is 27.3. The minimum Gasteiger partial charge on any atom is -0.395 e. The Kier molecular flexibility index (Phi) is 4.15. The molecular weight excluding hydrogens is 208 g/mol. The number of aliphatic hydroxyl groups excluding tert-OH is 1. The first-order valence-corrected chi connectivity index (χ1v) is 6.01. The summed E-state index contributed by atoms with van der Waals surface area (Å²) in [6.07, 6.45) is 0.871. The van der Waals surface area contributed by atoms with Gasteiger partial charge in [-0.25, -0.2) is 0 Å². The Hall–Kier alpha value is -0.650. The van der Waals surface area contributed by atoms with Gasteiger partial charge in [0.2, 0.25) is 5.91 Å². The minimum atomic E-state index is 0.0874. The van der Waals surface area contributed by atoms with Crippen LogP contribution in [0.25, 0.3) is 0 Å². The van der Waals surface area contributed by atoms with Crippen molar-refractivity contribution >= 4 is 5.91 Å². The SMILES string of the molecule is O=C(C1CCOC1)N1CCN(CCO)CC1. The predicted octanol–water partition coefficient (Wildman–Crippen LogP) is -0.841. The zero-order valence-corrected chi connectivity index (χ0v) is 9.60. The molecule has 0 aliphatic carbocycles. The van der Waals surface area contributed by atoms with Crippen LogP contribution < -0.4 is 0 Å². The van der Waals surface area contributed by atoms with E-state index in [9.17, 15) is 4.79 Å². The van der Waals surface area contributed by atoms with E-state index in [1.54, 1.807) is 0 Å². The second-order valence-electron chi connectivity index (χ2n) is 4.45. The van der Waals surface area contributed by atoms with E-state index in [1.165, 1.54) is 0 Å². The zero-order valence-electron chi connectivity index (χ0n) is 9.60. The molecular formula is C11H20N2O3. The lowest BCUT2D eigenvalue weighted by atomic mass is 10.1. The van der Waals surface area contributed by atoms with Gasteiger partial charge in [0.25, 0.3) is 0 Å². The third-order valence-electron chi connectivity index (χ3n) is 3.38. The molecule has 1 atom stereocenters. The summed E-state index contributed by atoms with van der Waals surface area (Å²) in [5.41, 5.74) is 0. The molecule has 0 aromatic carbocycles. The summed E-state index contributed by atoms with van der Waals surface area (Å²) >= 11 is 0. The van der Waals surface area contributed by atoms with Crippen LogP contribution in [0, 0.1) is 5.92 Å². The molecule has 16 heavy (non-hydrogen) atoms. The fourth-order valence-corrected chi connectivity index (χ4v) is 2.32. The van der Waals surface area contributed by atoms with Gasteiger partial charge < -0.3 is 14.7 Å². The van der Waals surface area contributed by atoms with Crippen molar-refractivity contribution in [2.24, 2.45) is 5.92 Å². The van der Waals surface area contributed by atoms with Gasteiger partial charge in [0.15, 0.2) is 0 Å². The van der Waals surface area contributed by atoms with Crippen LogP contribution in [-0.2, 0) is 9.53 Å². The zero-order chi connectivity index (χ0) is 11.4. The molecule has 5 nitrogen and oxygen atoms in total. The average Bonchev–Trinajstić information content (AvgIpc) is 2.83. The number of hydrogen-bond acceptors (Lipinski definition) is 4. The molecule has 92 valence electrons. The maximum Gasteiger partial charge on any atom is 0.228 e. The Labute approximate surface area is 96.0 Å². The summed E-state index contributed by atoms with van der Waals surface area (Å²) in [5, 5.41) is 8.83. The summed E-state index contributed by atoms with van der Waals surface area (Å²) in [5.74, 6) is 0.338. The topological polar surface area (TPSA) is 53.0 Å². The van der Waals surface area contributed by atoms with E-state index in [2.05, 4.69) is 4.90 Å². The highest BCUT2D eigenvalue weighted by Crippen LogP contribution is 2.16. The van der Waals surface area contributed by atoms with Crippen LogP contribution in [0.2, 0.25) is 0 Å². The molecule has 0 bridgehead atoms. The number of piperazine rings is 1. The van der Waals surface area contributed by atoms with Crippen molar-refractivity contribution in [3.05, 3.63) is 0 Å². The van der Waals surface area contributed by atoms with Crippen LogP contribution in [0.3, 0.4) is 0 Å². The third-order valence-corrected chi connectivity index (χ3v) is 3.38. The van der Waals surface area contributed by atoms with Gasteiger partial charge in [0.1, 0.15) is 0 Å². The van der Waals surface area contributed by atoms with Crippen molar-refractivity contribution in [1.29, 1.82) is 0 Å². The van der Waals surface area contributed by atoms with Gasteiger partial charge >= 0.3 is 0 Å². The lowest BCUT2D eigenvalue weighted by Crippen LogP contribution is -2.50. The van der Waals surface area contributed by atoms with E-state index in [1.807, 2.05) is 4.90 Å². The largest absolute Gasteiger partial charge is 0.395 e. The van der Waals surface area contributed by atoms with Crippen molar-refractivity contribution in [2.75, 3.05) is 52.5 Å². The number of β-amino-alcohol motifs (C(OH)–C–C–N with tert-alkyl or cyclic N) is 1. The van der Waals surface area contributed by atoms with E-state index < -0.39 is 0 Å². The van der Waals surface area contributed by atoms with E-state index in [4.69, 9.17) is 9.84 Å². The van der Waals surface area contributed by atoms with Crippen molar-refractivity contribution in [3.8, 4) is 0 Å². The summed E-state index contributed by atoms with van der Waals surface area (Å²) in [6.45, 7) is 5.56. The number of carbonyl (C=O) groups excluding carboxylic acids is 1. The van der Waals surface area contributed by atoms with Gasteiger partial charge in [0.05, 0.1) is 19.1 Å². The fraction of sp³-hybridized carbons (Fsp3) is 0.909. The molecule has 5 heteroatoms. The van der Waals surface area contributed by atoms with Crippen LogP contribution in [0.1, 0.15) is 6.42 Å². The highest BCUT2D eigenvalue weighted by Gasteiger charge is 2.29. The van der Waals surface area contributed by atoms with Crippen LogP contribution >= 0.6 is 0 Å². The Bertz CT molecular complexity index is 233. The molecule has 2 aliphatic rings. The summed E-state index contributed by atoms with van der Waals surface area (Å²) < 4.78 is 5.24. The molecule has 0 aromatic rings. The molecule has 1 N–H and O–H groups in total. The molecule has 1 unspecified atom stereocenters. The highest BCUT2D eigenvalue weighted by atomic mass is 16.5. The first-order valence-electron chi connectivity index (χ1n) is 6.01. The lowest BCUT2D eigenvalue weighted by Gasteiger charge is -2.35.